The Balaban J connectivity index is 1.83. The van der Waals surface area contributed by atoms with Gasteiger partial charge in [0, 0.05) is 43.5 Å². The van der Waals surface area contributed by atoms with E-state index < -0.39 is 10.5 Å². The molecule has 0 unspecified atom stereocenters. The van der Waals surface area contributed by atoms with Crippen molar-refractivity contribution in [2.75, 3.05) is 38.0 Å². The summed E-state index contributed by atoms with van der Waals surface area (Å²) in [5.74, 6) is -0.251. The van der Waals surface area contributed by atoms with Gasteiger partial charge in [-0.25, -0.2) is 4.79 Å². The third kappa shape index (κ3) is 6.21. The van der Waals surface area contributed by atoms with E-state index in [0.717, 1.165) is 0 Å². The maximum atomic E-state index is 12.2. The van der Waals surface area contributed by atoms with Gasteiger partial charge in [0.05, 0.1) is 11.5 Å². The molecule has 9 nitrogen and oxygen atoms in total. The Hall–Kier alpha value is -2.68. The highest BCUT2D eigenvalue weighted by Gasteiger charge is 2.26. The average molecular weight is 378 g/mol. The first-order chi connectivity index (χ1) is 12.5. The maximum Gasteiger partial charge on any atom is 0.410 e. The van der Waals surface area contributed by atoms with Crippen LogP contribution in [0.5, 0.6) is 0 Å². The summed E-state index contributed by atoms with van der Waals surface area (Å²) < 4.78 is 5.35. The second-order valence-electron chi connectivity index (χ2n) is 7.55. The Morgan fingerprint density at radius 2 is 1.85 bits per heavy atom. The van der Waals surface area contributed by atoms with Crippen LogP contribution < -0.4 is 5.32 Å². The molecule has 0 aromatic heterocycles. The van der Waals surface area contributed by atoms with E-state index in [9.17, 15) is 19.7 Å². The number of ether oxygens (including phenoxy) is 1. The Bertz CT molecular complexity index is 721. The minimum atomic E-state index is -0.537. The number of aryl methyl sites for hydroxylation is 1. The highest BCUT2D eigenvalue weighted by Crippen LogP contribution is 2.22. The van der Waals surface area contributed by atoms with E-state index >= 15 is 0 Å². The number of piperazine rings is 1. The van der Waals surface area contributed by atoms with Gasteiger partial charge in [-0.1, -0.05) is 6.07 Å². The number of nitro groups is 1. The Kier molecular flexibility index (Phi) is 6.37. The molecule has 1 aromatic carbocycles. The molecule has 1 aromatic rings. The lowest BCUT2D eigenvalue weighted by Crippen LogP contribution is -2.51. The minimum Gasteiger partial charge on any atom is -0.444 e. The molecule has 0 saturated carbocycles. The number of hydrogen-bond donors (Lipinski definition) is 1. The molecule has 1 aliphatic rings. The predicted octanol–water partition coefficient (Wildman–Crippen LogP) is 2.39. The molecule has 0 aliphatic carbocycles. The normalized spacial score (nSPS) is 15.3. The molecule has 0 radical (unpaired) electrons. The van der Waals surface area contributed by atoms with Crippen molar-refractivity contribution in [1.29, 1.82) is 0 Å². The molecule has 1 saturated heterocycles. The third-order valence-electron chi connectivity index (χ3n) is 4.08. The Morgan fingerprint density at radius 3 is 2.41 bits per heavy atom. The summed E-state index contributed by atoms with van der Waals surface area (Å²) in [5, 5.41) is 13.7. The number of nitrogens with zero attached hydrogens (tertiary/aromatic N) is 3. The summed E-state index contributed by atoms with van der Waals surface area (Å²) in [5.41, 5.74) is 0.366. The van der Waals surface area contributed by atoms with Gasteiger partial charge >= 0.3 is 6.09 Å². The molecule has 1 aliphatic heterocycles. The maximum absolute atomic E-state index is 12.2. The smallest absolute Gasteiger partial charge is 0.410 e. The molecular formula is C18H26N4O5. The molecule has 9 heteroatoms. The number of hydrogen-bond acceptors (Lipinski definition) is 6. The van der Waals surface area contributed by atoms with Crippen molar-refractivity contribution in [2.45, 2.75) is 33.3 Å². The monoisotopic (exact) mass is 378 g/mol. The number of anilines is 1. The van der Waals surface area contributed by atoms with Gasteiger partial charge in [-0.15, -0.1) is 0 Å². The number of carbonyl (C=O) groups is 2. The van der Waals surface area contributed by atoms with Gasteiger partial charge in [-0.05, 0) is 33.8 Å². The fourth-order valence-electron chi connectivity index (χ4n) is 2.70. The summed E-state index contributed by atoms with van der Waals surface area (Å²) in [6.07, 6.45) is -0.349. The zero-order valence-electron chi connectivity index (χ0n) is 16.2. The van der Waals surface area contributed by atoms with Gasteiger partial charge in [0.2, 0.25) is 5.91 Å². The van der Waals surface area contributed by atoms with E-state index in [0.29, 0.717) is 37.4 Å². The van der Waals surface area contributed by atoms with Crippen LogP contribution in [0.25, 0.3) is 0 Å². The molecule has 1 N–H and O–H groups in total. The largest absolute Gasteiger partial charge is 0.444 e. The first-order valence-corrected chi connectivity index (χ1v) is 8.80. The van der Waals surface area contributed by atoms with Crippen LogP contribution in [0.15, 0.2) is 18.2 Å². The molecule has 2 amide bonds. The van der Waals surface area contributed by atoms with E-state index in [2.05, 4.69) is 5.32 Å². The van der Waals surface area contributed by atoms with Crippen molar-refractivity contribution >= 4 is 23.4 Å². The third-order valence-corrected chi connectivity index (χ3v) is 4.08. The van der Waals surface area contributed by atoms with Crippen LogP contribution in [-0.2, 0) is 9.53 Å². The van der Waals surface area contributed by atoms with Gasteiger partial charge < -0.3 is 15.0 Å². The van der Waals surface area contributed by atoms with Gasteiger partial charge in [-0.2, -0.15) is 0 Å². The van der Waals surface area contributed by atoms with E-state index in [-0.39, 0.29) is 24.2 Å². The van der Waals surface area contributed by atoms with Crippen LogP contribution in [0.3, 0.4) is 0 Å². The minimum absolute atomic E-state index is 0.0289. The SMILES string of the molecule is Cc1ccc(NC(=O)CN2CCN(C(=O)OC(C)(C)C)CC2)cc1[N+](=O)[O-]. The molecule has 148 valence electrons. The Labute approximate surface area is 158 Å². The summed E-state index contributed by atoms with van der Waals surface area (Å²) in [6, 6.07) is 4.60. The van der Waals surface area contributed by atoms with Crippen LogP contribution >= 0.6 is 0 Å². The van der Waals surface area contributed by atoms with E-state index in [4.69, 9.17) is 4.74 Å². The first kappa shape index (κ1) is 20.6. The second-order valence-corrected chi connectivity index (χ2v) is 7.55. The highest BCUT2D eigenvalue weighted by molar-refractivity contribution is 5.92. The lowest BCUT2D eigenvalue weighted by atomic mass is 10.2. The fraction of sp³-hybridized carbons (Fsp3) is 0.556. The molecule has 0 atom stereocenters. The van der Waals surface area contributed by atoms with E-state index in [1.54, 1.807) is 24.0 Å². The van der Waals surface area contributed by atoms with Gasteiger partial charge in [0.25, 0.3) is 5.69 Å². The second kappa shape index (κ2) is 8.34. The lowest BCUT2D eigenvalue weighted by molar-refractivity contribution is -0.385. The first-order valence-electron chi connectivity index (χ1n) is 8.80. The molecule has 0 spiro atoms. The zero-order valence-corrected chi connectivity index (χ0v) is 16.2. The van der Waals surface area contributed by atoms with E-state index in [1.165, 1.54) is 6.07 Å². The summed E-state index contributed by atoms with van der Waals surface area (Å²) in [7, 11) is 0. The molecule has 1 fully saturated rings. The number of benzene rings is 1. The van der Waals surface area contributed by atoms with Gasteiger partial charge in [-0.3, -0.25) is 19.8 Å². The summed E-state index contributed by atoms with van der Waals surface area (Å²) >= 11 is 0. The number of nitrogens with one attached hydrogen (secondary N) is 1. The van der Waals surface area contributed by atoms with Crippen LogP contribution in [0, 0.1) is 17.0 Å². The quantitative estimate of drug-likeness (QED) is 0.637. The number of amides is 2. The Morgan fingerprint density at radius 1 is 1.22 bits per heavy atom. The van der Waals surface area contributed by atoms with Crippen molar-refractivity contribution in [2.24, 2.45) is 0 Å². The van der Waals surface area contributed by atoms with Gasteiger partial charge in [0.1, 0.15) is 5.60 Å². The number of carbonyl (C=O) groups excluding carboxylic acids is 2. The molecular weight excluding hydrogens is 352 g/mol. The predicted molar refractivity (Wildman–Crippen MR) is 101 cm³/mol. The van der Waals surface area contributed by atoms with Crippen LogP contribution in [0.4, 0.5) is 16.2 Å². The number of nitro benzene ring substituents is 1. The van der Waals surface area contributed by atoms with Crippen molar-refractivity contribution in [3.05, 3.63) is 33.9 Å². The standard InChI is InChI=1S/C18H26N4O5/c1-13-5-6-14(11-15(13)22(25)26)19-16(23)12-20-7-9-21(10-8-20)17(24)27-18(2,3)4/h5-6,11H,7-10,12H2,1-4H3,(H,19,23). The summed E-state index contributed by atoms with van der Waals surface area (Å²) in [6.45, 7) is 9.35. The molecule has 2 rings (SSSR count). The van der Waals surface area contributed by atoms with E-state index in [1.807, 2.05) is 25.7 Å². The topological polar surface area (TPSA) is 105 Å². The van der Waals surface area contributed by atoms with Crippen molar-refractivity contribution in [3.8, 4) is 0 Å². The van der Waals surface area contributed by atoms with Crippen LogP contribution in [-0.4, -0.2) is 65.0 Å². The van der Waals surface area contributed by atoms with Gasteiger partial charge in [0.15, 0.2) is 0 Å². The van der Waals surface area contributed by atoms with Crippen LogP contribution in [0.1, 0.15) is 26.3 Å². The van der Waals surface area contributed by atoms with Crippen molar-refractivity contribution in [3.63, 3.8) is 0 Å². The molecule has 0 bridgehead atoms. The number of rotatable bonds is 4. The molecule has 1 heterocycles. The lowest BCUT2D eigenvalue weighted by Gasteiger charge is -2.35. The van der Waals surface area contributed by atoms with Crippen molar-refractivity contribution in [1.82, 2.24) is 9.80 Å². The summed E-state index contributed by atoms with van der Waals surface area (Å²) in [4.78, 5) is 38.3. The highest BCUT2D eigenvalue weighted by atomic mass is 16.6. The molecule has 27 heavy (non-hydrogen) atoms. The average Bonchev–Trinajstić information content (AvgIpc) is 2.55. The van der Waals surface area contributed by atoms with Crippen molar-refractivity contribution < 1.29 is 19.2 Å². The fourth-order valence-corrected chi connectivity index (χ4v) is 2.70. The zero-order chi connectivity index (χ0) is 20.2. The van der Waals surface area contributed by atoms with Crippen LogP contribution in [0.2, 0.25) is 0 Å².